The van der Waals surface area contributed by atoms with Crippen LogP contribution >= 0.6 is 0 Å². The summed E-state index contributed by atoms with van der Waals surface area (Å²) >= 11 is 0. The van der Waals surface area contributed by atoms with Gasteiger partial charge in [-0.1, -0.05) is 26.2 Å². The van der Waals surface area contributed by atoms with Crippen molar-refractivity contribution in [2.75, 3.05) is 19.6 Å². The zero-order chi connectivity index (χ0) is 18.4. The third-order valence-corrected chi connectivity index (χ3v) is 5.78. The Labute approximate surface area is 156 Å². The third-order valence-electron chi connectivity index (χ3n) is 5.78. The van der Waals surface area contributed by atoms with E-state index in [1.807, 2.05) is 21.9 Å². The SMILES string of the molecule is CCCN(Cc1ccco1)C(=O)[C@H]1CCC(=O)N(CC2CCCCC2)C1. The normalized spacial score (nSPS) is 21.8. The van der Waals surface area contributed by atoms with Crippen molar-refractivity contribution in [2.45, 2.75) is 64.8 Å². The number of rotatable bonds is 7. The molecule has 1 aliphatic carbocycles. The molecule has 144 valence electrons. The highest BCUT2D eigenvalue weighted by Crippen LogP contribution is 2.27. The van der Waals surface area contributed by atoms with E-state index in [4.69, 9.17) is 4.42 Å². The third kappa shape index (κ3) is 4.89. The number of piperidine rings is 1. The van der Waals surface area contributed by atoms with Gasteiger partial charge in [0.05, 0.1) is 18.7 Å². The molecule has 0 N–H and O–H groups in total. The van der Waals surface area contributed by atoms with E-state index in [1.165, 1.54) is 32.1 Å². The maximum Gasteiger partial charge on any atom is 0.227 e. The summed E-state index contributed by atoms with van der Waals surface area (Å²) in [6.45, 7) is 4.77. The van der Waals surface area contributed by atoms with Gasteiger partial charge >= 0.3 is 0 Å². The summed E-state index contributed by atoms with van der Waals surface area (Å²) in [5.41, 5.74) is 0. The van der Waals surface area contributed by atoms with Crippen LogP contribution in [0, 0.1) is 11.8 Å². The van der Waals surface area contributed by atoms with Crippen LogP contribution in [0.3, 0.4) is 0 Å². The standard InChI is InChI=1S/C21H32N2O3/c1-2-12-22(16-19-9-6-13-26-19)21(25)18-10-11-20(24)23(15-18)14-17-7-4-3-5-8-17/h6,9,13,17-18H,2-5,7-8,10-12,14-16H2,1H3/t18-/m0/s1. The smallest absolute Gasteiger partial charge is 0.227 e. The molecule has 5 heteroatoms. The van der Waals surface area contributed by atoms with Gasteiger partial charge in [-0.15, -0.1) is 0 Å². The molecule has 1 saturated carbocycles. The van der Waals surface area contributed by atoms with Crippen LogP contribution in [0.25, 0.3) is 0 Å². The summed E-state index contributed by atoms with van der Waals surface area (Å²) in [6.07, 6.45) is 10.1. The number of amides is 2. The second kappa shape index (κ2) is 9.24. The van der Waals surface area contributed by atoms with Crippen molar-refractivity contribution in [3.63, 3.8) is 0 Å². The van der Waals surface area contributed by atoms with E-state index in [-0.39, 0.29) is 17.7 Å². The lowest BCUT2D eigenvalue weighted by Crippen LogP contribution is -2.48. The molecular weight excluding hydrogens is 328 g/mol. The Kier molecular flexibility index (Phi) is 6.75. The summed E-state index contributed by atoms with van der Waals surface area (Å²) in [5.74, 6) is 1.77. The van der Waals surface area contributed by atoms with Crippen molar-refractivity contribution < 1.29 is 14.0 Å². The molecule has 2 heterocycles. The molecule has 1 aromatic rings. The van der Waals surface area contributed by atoms with Gasteiger partial charge in [0.1, 0.15) is 5.76 Å². The highest BCUT2D eigenvalue weighted by molar-refractivity contribution is 5.83. The Bertz CT molecular complexity index is 578. The minimum Gasteiger partial charge on any atom is -0.467 e. The second-order valence-electron chi connectivity index (χ2n) is 7.88. The molecule has 1 aromatic heterocycles. The summed E-state index contributed by atoms with van der Waals surface area (Å²) in [6, 6.07) is 3.77. The molecule has 3 rings (SSSR count). The molecule has 1 saturated heterocycles. The maximum atomic E-state index is 13.1. The Morgan fingerprint density at radius 2 is 2.08 bits per heavy atom. The molecule has 26 heavy (non-hydrogen) atoms. The van der Waals surface area contributed by atoms with Gasteiger partial charge < -0.3 is 14.2 Å². The number of furan rings is 1. The first kappa shape index (κ1) is 19.0. The average Bonchev–Trinajstić information content (AvgIpc) is 3.17. The van der Waals surface area contributed by atoms with Crippen LogP contribution in [0.4, 0.5) is 0 Å². The van der Waals surface area contributed by atoms with Crippen LogP contribution in [0.5, 0.6) is 0 Å². The molecule has 5 nitrogen and oxygen atoms in total. The number of likely N-dealkylation sites (tertiary alicyclic amines) is 1. The molecule has 1 aliphatic heterocycles. The first-order chi connectivity index (χ1) is 12.7. The Morgan fingerprint density at radius 1 is 1.27 bits per heavy atom. The largest absolute Gasteiger partial charge is 0.467 e. The van der Waals surface area contributed by atoms with E-state index in [0.29, 0.717) is 31.8 Å². The van der Waals surface area contributed by atoms with Gasteiger partial charge in [0, 0.05) is 26.1 Å². The van der Waals surface area contributed by atoms with E-state index in [0.717, 1.165) is 25.3 Å². The minimum atomic E-state index is -0.0715. The fourth-order valence-corrected chi connectivity index (χ4v) is 4.36. The van der Waals surface area contributed by atoms with Crippen LogP contribution in [-0.2, 0) is 16.1 Å². The van der Waals surface area contributed by atoms with Gasteiger partial charge in [-0.25, -0.2) is 0 Å². The lowest BCUT2D eigenvalue weighted by atomic mass is 9.87. The highest BCUT2D eigenvalue weighted by Gasteiger charge is 2.33. The van der Waals surface area contributed by atoms with Crippen molar-refractivity contribution in [2.24, 2.45) is 11.8 Å². The van der Waals surface area contributed by atoms with E-state index < -0.39 is 0 Å². The van der Waals surface area contributed by atoms with Gasteiger partial charge in [0.25, 0.3) is 0 Å². The van der Waals surface area contributed by atoms with Crippen LogP contribution in [0.2, 0.25) is 0 Å². The van der Waals surface area contributed by atoms with E-state index in [2.05, 4.69) is 6.92 Å². The van der Waals surface area contributed by atoms with Crippen LogP contribution < -0.4 is 0 Å². The zero-order valence-corrected chi connectivity index (χ0v) is 16.0. The van der Waals surface area contributed by atoms with Crippen LogP contribution in [-0.4, -0.2) is 41.2 Å². The average molecular weight is 360 g/mol. The molecule has 0 unspecified atom stereocenters. The molecule has 1 atom stereocenters. The fraction of sp³-hybridized carbons (Fsp3) is 0.714. The molecular formula is C21H32N2O3. The number of hydrogen-bond acceptors (Lipinski definition) is 3. The Morgan fingerprint density at radius 3 is 2.77 bits per heavy atom. The van der Waals surface area contributed by atoms with Crippen molar-refractivity contribution in [1.29, 1.82) is 0 Å². The lowest BCUT2D eigenvalue weighted by Gasteiger charge is -2.37. The maximum absolute atomic E-state index is 13.1. The zero-order valence-electron chi connectivity index (χ0n) is 16.0. The van der Waals surface area contributed by atoms with Gasteiger partial charge in [0.2, 0.25) is 11.8 Å². The summed E-state index contributed by atoms with van der Waals surface area (Å²) in [7, 11) is 0. The van der Waals surface area contributed by atoms with Crippen molar-refractivity contribution in [1.82, 2.24) is 9.80 Å². The highest BCUT2D eigenvalue weighted by atomic mass is 16.3. The van der Waals surface area contributed by atoms with Gasteiger partial charge in [0.15, 0.2) is 0 Å². The Hall–Kier alpha value is -1.78. The molecule has 2 aliphatic rings. The number of carbonyl (C=O) groups excluding carboxylic acids is 2. The van der Waals surface area contributed by atoms with Crippen molar-refractivity contribution >= 4 is 11.8 Å². The number of hydrogen-bond donors (Lipinski definition) is 0. The molecule has 0 aromatic carbocycles. The van der Waals surface area contributed by atoms with E-state index >= 15 is 0 Å². The summed E-state index contributed by atoms with van der Waals surface area (Å²) in [4.78, 5) is 29.4. The lowest BCUT2D eigenvalue weighted by molar-refractivity contribution is -0.144. The first-order valence-corrected chi connectivity index (χ1v) is 10.3. The topological polar surface area (TPSA) is 53.8 Å². The van der Waals surface area contributed by atoms with Crippen molar-refractivity contribution in [3.8, 4) is 0 Å². The Balaban J connectivity index is 1.60. The number of carbonyl (C=O) groups is 2. The van der Waals surface area contributed by atoms with E-state index in [9.17, 15) is 9.59 Å². The van der Waals surface area contributed by atoms with Gasteiger partial charge in [-0.05, 0) is 43.7 Å². The predicted octanol–water partition coefficient (Wildman–Crippen LogP) is 3.84. The van der Waals surface area contributed by atoms with Crippen molar-refractivity contribution in [3.05, 3.63) is 24.2 Å². The fourth-order valence-electron chi connectivity index (χ4n) is 4.36. The van der Waals surface area contributed by atoms with Crippen LogP contribution in [0.15, 0.2) is 22.8 Å². The van der Waals surface area contributed by atoms with Crippen LogP contribution in [0.1, 0.15) is 64.1 Å². The molecule has 2 fully saturated rings. The molecule has 0 radical (unpaired) electrons. The quantitative estimate of drug-likeness (QED) is 0.742. The second-order valence-corrected chi connectivity index (χ2v) is 7.88. The monoisotopic (exact) mass is 360 g/mol. The predicted molar refractivity (Wildman–Crippen MR) is 100 cm³/mol. The minimum absolute atomic E-state index is 0.0715. The van der Waals surface area contributed by atoms with E-state index in [1.54, 1.807) is 6.26 Å². The first-order valence-electron chi connectivity index (χ1n) is 10.3. The molecule has 2 amide bonds. The van der Waals surface area contributed by atoms with Gasteiger partial charge in [-0.2, -0.15) is 0 Å². The number of nitrogens with zero attached hydrogens (tertiary/aromatic N) is 2. The molecule has 0 spiro atoms. The summed E-state index contributed by atoms with van der Waals surface area (Å²) < 4.78 is 5.43. The molecule has 0 bridgehead atoms. The van der Waals surface area contributed by atoms with Gasteiger partial charge in [-0.3, -0.25) is 9.59 Å². The summed E-state index contributed by atoms with van der Waals surface area (Å²) in [5, 5.41) is 0.